The normalized spacial score (nSPS) is 18.0. The molecule has 0 radical (unpaired) electrons. The summed E-state index contributed by atoms with van der Waals surface area (Å²) >= 11 is 5.85. The number of nitro benzene ring substituents is 1. The van der Waals surface area contributed by atoms with Crippen LogP contribution in [0.1, 0.15) is 19.3 Å². The van der Waals surface area contributed by atoms with Crippen molar-refractivity contribution in [1.29, 1.82) is 0 Å². The molecule has 0 aromatic heterocycles. The summed E-state index contributed by atoms with van der Waals surface area (Å²) in [6.45, 7) is 1.34. The Bertz CT molecular complexity index is 972. The fraction of sp³-hybridized carbons (Fsp3) is 0.300. The van der Waals surface area contributed by atoms with Crippen molar-refractivity contribution in [2.24, 2.45) is 0 Å². The van der Waals surface area contributed by atoms with Gasteiger partial charge in [-0.3, -0.25) is 14.9 Å². The van der Waals surface area contributed by atoms with Gasteiger partial charge >= 0.3 is 6.03 Å². The van der Waals surface area contributed by atoms with Gasteiger partial charge in [0.15, 0.2) is 0 Å². The van der Waals surface area contributed by atoms with Gasteiger partial charge in [-0.1, -0.05) is 11.6 Å². The van der Waals surface area contributed by atoms with E-state index in [0.29, 0.717) is 36.6 Å². The Morgan fingerprint density at radius 2 is 1.73 bits per heavy atom. The van der Waals surface area contributed by atoms with Crippen LogP contribution in [-0.2, 0) is 4.79 Å². The van der Waals surface area contributed by atoms with E-state index in [-0.39, 0.29) is 18.0 Å². The minimum atomic E-state index is -0.531. The second-order valence-corrected chi connectivity index (χ2v) is 7.93. The predicted octanol–water partition coefficient (Wildman–Crippen LogP) is 3.56. The Balaban J connectivity index is 1.37. The fourth-order valence-electron chi connectivity index (χ4n) is 3.85. The van der Waals surface area contributed by atoms with Crippen molar-refractivity contribution in [3.05, 3.63) is 63.7 Å². The van der Waals surface area contributed by atoms with Crippen LogP contribution in [0, 0.1) is 10.1 Å². The summed E-state index contributed by atoms with van der Waals surface area (Å²) in [5.41, 5.74) is 4.15. The Morgan fingerprint density at radius 3 is 2.33 bits per heavy atom. The monoisotopic (exact) mass is 429 g/mol. The maximum absolute atomic E-state index is 12.5. The van der Waals surface area contributed by atoms with E-state index in [4.69, 9.17) is 11.6 Å². The number of halogens is 1. The van der Waals surface area contributed by atoms with E-state index in [2.05, 4.69) is 15.6 Å². The minimum absolute atomic E-state index is 0.0534. The van der Waals surface area contributed by atoms with Crippen LogP contribution in [0.4, 0.5) is 21.9 Å². The zero-order valence-corrected chi connectivity index (χ0v) is 16.8. The molecule has 2 heterocycles. The number of piperidine rings is 1. The van der Waals surface area contributed by atoms with Gasteiger partial charge in [0.1, 0.15) is 0 Å². The van der Waals surface area contributed by atoms with E-state index in [9.17, 15) is 19.7 Å². The molecule has 0 aliphatic carbocycles. The molecule has 2 aliphatic heterocycles. The van der Waals surface area contributed by atoms with Crippen molar-refractivity contribution < 1.29 is 14.5 Å². The lowest BCUT2D eigenvalue weighted by Crippen LogP contribution is -2.55. The average Bonchev–Trinajstić information content (AvgIpc) is 3.06. The molecule has 2 aliphatic rings. The van der Waals surface area contributed by atoms with Crippen LogP contribution < -0.4 is 15.6 Å². The highest BCUT2D eigenvalue weighted by Gasteiger charge is 2.47. The molecule has 3 amide bonds. The van der Waals surface area contributed by atoms with Crippen molar-refractivity contribution >= 4 is 40.6 Å². The number of nitrogens with one attached hydrogen (secondary N) is 2. The third-order valence-electron chi connectivity index (χ3n) is 5.53. The number of nitro groups is 1. The van der Waals surface area contributed by atoms with Crippen LogP contribution in [0.3, 0.4) is 0 Å². The number of amides is 3. The molecule has 30 heavy (non-hydrogen) atoms. The van der Waals surface area contributed by atoms with Crippen molar-refractivity contribution in [2.45, 2.75) is 24.8 Å². The highest BCUT2D eigenvalue weighted by Crippen LogP contribution is 2.33. The molecular formula is C20H20ClN5O4. The molecule has 1 spiro atoms. The Morgan fingerprint density at radius 1 is 1.10 bits per heavy atom. The quantitative estimate of drug-likeness (QED) is 0.570. The lowest BCUT2D eigenvalue weighted by Gasteiger charge is -2.40. The number of rotatable bonds is 3. The second-order valence-electron chi connectivity index (χ2n) is 7.50. The number of nitrogens with zero attached hydrogens (tertiary/aromatic N) is 3. The first kappa shape index (κ1) is 20.1. The van der Waals surface area contributed by atoms with Gasteiger partial charge in [-0.2, -0.15) is 5.01 Å². The topological polar surface area (TPSA) is 108 Å². The van der Waals surface area contributed by atoms with Crippen LogP contribution in [-0.4, -0.2) is 40.5 Å². The molecule has 0 atom stereocenters. The van der Waals surface area contributed by atoms with Gasteiger partial charge < -0.3 is 10.2 Å². The molecule has 4 rings (SSSR count). The van der Waals surface area contributed by atoms with Crippen LogP contribution in [0.5, 0.6) is 0 Å². The molecule has 2 aromatic rings. The van der Waals surface area contributed by atoms with Crippen molar-refractivity contribution in [1.82, 2.24) is 10.4 Å². The number of hydrogen-bond acceptors (Lipinski definition) is 6. The summed E-state index contributed by atoms with van der Waals surface area (Å²) < 4.78 is 0. The maximum atomic E-state index is 12.5. The predicted molar refractivity (Wildman–Crippen MR) is 112 cm³/mol. The Hall–Kier alpha value is -3.17. The van der Waals surface area contributed by atoms with Gasteiger partial charge in [0, 0.05) is 48.0 Å². The van der Waals surface area contributed by atoms with Gasteiger partial charge in [0.25, 0.3) is 5.69 Å². The third kappa shape index (κ3) is 4.07. The van der Waals surface area contributed by atoms with Crippen LogP contribution in [0.25, 0.3) is 0 Å². The lowest BCUT2D eigenvalue weighted by atomic mass is 9.86. The summed E-state index contributed by atoms with van der Waals surface area (Å²) in [5.74, 6) is -0.273. The van der Waals surface area contributed by atoms with Gasteiger partial charge in [0.05, 0.1) is 10.5 Å². The second kappa shape index (κ2) is 7.92. The molecule has 0 bridgehead atoms. The Labute approximate surface area is 177 Å². The van der Waals surface area contributed by atoms with Crippen LogP contribution in [0.2, 0.25) is 5.02 Å². The Kier molecular flexibility index (Phi) is 5.31. The van der Waals surface area contributed by atoms with Crippen LogP contribution in [0.15, 0.2) is 48.5 Å². The summed E-state index contributed by atoms with van der Waals surface area (Å²) in [5, 5.41) is 15.1. The molecular weight excluding hydrogens is 410 g/mol. The van der Waals surface area contributed by atoms with Gasteiger partial charge in [-0.05, 0) is 49.2 Å². The first-order valence-electron chi connectivity index (χ1n) is 9.52. The molecule has 9 nitrogen and oxygen atoms in total. The van der Waals surface area contributed by atoms with Crippen molar-refractivity contribution in [2.75, 3.05) is 23.3 Å². The smallest absolute Gasteiger partial charge is 0.343 e. The standard InChI is InChI=1S/C20H20ClN5O4/c21-14-1-3-15(4-2-14)22-19(28)25-18(27)13-20(23-25)9-11-24(12-10-20)16-5-7-17(8-6-16)26(29)30/h1-8,23H,9-13H2,(H,22,28). The number of urea groups is 1. The van der Waals surface area contributed by atoms with E-state index < -0.39 is 16.5 Å². The largest absolute Gasteiger partial charge is 0.371 e. The molecule has 2 aromatic carbocycles. The van der Waals surface area contributed by atoms with E-state index in [1.54, 1.807) is 36.4 Å². The number of carbonyl (C=O) groups is 2. The number of anilines is 2. The molecule has 156 valence electrons. The fourth-order valence-corrected chi connectivity index (χ4v) is 3.98. The van der Waals surface area contributed by atoms with Gasteiger partial charge in [-0.15, -0.1) is 0 Å². The summed E-state index contributed by atoms with van der Waals surface area (Å²) in [6, 6.07) is 12.6. The van der Waals surface area contributed by atoms with Gasteiger partial charge in [-0.25, -0.2) is 10.2 Å². The van der Waals surface area contributed by atoms with E-state index in [1.165, 1.54) is 12.1 Å². The molecule has 2 N–H and O–H groups in total. The number of hydrazine groups is 1. The molecule has 2 saturated heterocycles. The van der Waals surface area contributed by atoms with Gasteiger partial charge in [0.2, 0.25) is 5.91 Å². The number of non-ortho nitro benzene ring substituents is 1. The number of benzene rings is 2. The molecule has 0 unspecified atom stereocenters. The first-order chi connectivity index (χ1) is 14.3. The SMILES string of the molecule is O=C1CC2(CCN(c3ccc([N+](=O)[O-])cc3)CC2)NN1C(=O)Nc1ccc(Cl)cc1. The molecule has 0 saturated carbocycles. The minimum Gasteiger partial charge on any atom is -0.371 e. The van der Waals surface area contributed by atoms with E-state index >= 15 is 0 Å². The molecule has 10 heteroatoms. The zero-order chi connectivity index (χ0) is 21.3. The lowest BCUT2D eigenvalue weighted by molar-refractivity contribution is -0.384. The number of hydrogen-bond donors (Lipinski definition) is 2. The third-order valence-corrected chi connectivity index (χ3v) is 5.78. The maximum Gasteiger partial charge on any atom is 0.343 e. The summed E-state index contributed by atoms with van der Waals surface area (Å²) in [4.78, 5) is 37.5. The van der Waals surface area contributed by atoms with E-state index in [0.717, 1.165) is 10.7 Å². The highest BCUT2D eigenvalue weighted by molar-refractivity contribution is 6.30. The number of imide groups is 1. The highest BCUT2D eigenvalue weighted by atomic mass is 35.5. The summed E-state index contributed by atoms with van der Waals surface area (Å²) in [7, 11) is 0. The number of carbonyl (C=O) groups excluding carboxylic acids is 2. The van der Waals surface area contributed by atoms with Crippen molar-refractivity contribution in [3.8, 4) is 0 Å². The molecule has 2 fully saturated rings. The average molecular weight is 430 g/mol. The first-order valence-corrected chi connectivity index (χ1v) is 9.90. The van der Waals surface area contributed by atoms with Crippen LogP contribution >= 0.6 is 11.6 Å². The van der Waals surface area contributed by atoms with Crippen molar-refractivity contribution in [3.63, 3.8) is 0 Å². The summed E-state index contributed by atoms with van der Waals surface area (Å²) in [6.07, 6.45) is 1.58. The zero-order valence-electron chi connectivity index (χ0n) is 16.0. The van der Waals surface area contributed by atoms with E-state index in [1.807, 2.05) is 0 Å².